The van der Waals surface area contributed by atoms with E-state index < -0.39 is 16.0 Å². The molecule has 2 rings (SSSR count). The highest BCUT2D eigenvalue weighted by molar-refractivity contribution is 7.92. The van der Waals surface area contributed by atoms with E-state index in [0.717, 1.165) is 17.1 Å². The fourth-order valence-corrected chi connectivity index (χ4v) is 3.52. The SMILES string of the molecule is CCCCOC(=O)/C=C/c1cc(OC)ccc1N(C)S(=O)(=O)c1ccccn1. The lowest BCUT2D eigenvalue weighted by Crippen LogP contribution is -2.27. The molecule has 1 aromatic carbocycles. The Labute approximate surface area is 165 Å². The predicted octanol–water partition coefficient (Wildman–Crippen LogP) is 3.27. The summed E-state index contributed by atoms with van der Waals surface area (Å²) in [4.78, 5) is 15.8. The molecule has 0 fully saturated rings. The van der Waals surface area contributed by atoms with Crippen molar-refractivity contribution < 1.29 is 22.7 Å². The maximum Gasteiger partial charge on any atom is 0.330 e. The molecule has 0 radical (unpaired) electrons. The van der Waals surface area contributed by atoms with Crippen LogP contribution in [-0.4, -0.2) is 40.1 Å². The highest BCUT2D eigenvalue weighted by atomic mass is 32.2. The molecule has 0 unspecified atom stereocenters. The average molecular weight is 404 g/mol. The number of methoxy groups -OCH3 is 1. The number of benzene rings is 1. The summed E-state index contributed by atoms with van der Waals surface area (Å²) < 4.78 is 37.2. The number of carbonyl (C=O) groups excluding carboxylic acids is 1. The van der Waals surface area contributed by atoms with Crippen molar-refractivity contribution >= 4 is 27.8 Å². The average Bonchev–Trinajstić information content (AvgIpc) is 2.72. The molecule has 1 aromatic heterocycles. The summed E-state index contributed by atoms with van der Waals surface area (Å²) in [7, 11) is -0.916. The molecule has 2 aromatic rings. The highest BCUT2D eigenvalue weighted by Crippen LogP contribution is 2.29. The first kappa shape index (κ1) is 21.4. The summed E-state index contributed by atoms with van der Waals surface area (Å²) in [5.41, 5.74) is 0.873. The van der Waals surface area contributed by atoms with Crippen LogP contribution in [0.5, 0.6) is 5.75 Å². The van der Waals surface area contributed by atoms with Gasteiger partial charge in [0.15, 0.2) is 5.03 Å². The number of unbranched alkanes of at least 4 members (excludes halogenated alkanes) is 1. The quantitative estimate of drug-likeness (QED) is 0.362. The number of pyridine rings is 1. The molecule has 1 heterocycles. The standard InChI is InChI=1S/C20H24N2O5S/c1-4-5-14-27-20(23)12-9-16-15-17(26-3)10-11-18(16)22(2)28(24,25)19-8-6-7-13-21-19/h6-13,15H,4-5,14H2,1-3H3/b12-9+. The van der Waals surface area contributed by atoms with Crippen molar-refractivity contribution in [3.05, 3.63) is 54.2 Å². The van der Waals surface area contributed by atoms with Gasteiger partial charge in [-0.25, -0.2) is 9.78 Å². The van der Waals surface area contributed by atoms with Crippen molar-refractivity contribution in [1.29, 1.82) is 0 Å². The van der Waals surface area contributed by atoms with Gasteiger partial charge in [-0.05, 0) is 42.8 Å². The van der Waals surface area contributed by atoms with Gasteiger partial charge in [0.25, 0.3) is 10.0 Å². The molecule has 28 heavy (non-hydrogen) atoms. The van der Waals surface area contributed by atoms with Crippen molar-refractivity contribution in [3.8, 4) is 5.75 Å². The van der Waals surface area contributed by atoms with Gasteiger partial charge in [-0.3, -0.25) is 4.31 Å². The van der Waals surface area contributed by atoms with Crippen LogP contribution < -0.4 is 9.04 Å². The van der Waals surface area contributed by atoms with E-state index in [1.54, 1.807) is 30.3 Å². The molecule has 0 amide bonds. The highest BCUT2D eigenvalue weighted by Gasteiger charge is 2.24. The maximum absolute atomic E-state index is 12.9. The van der Waals surface area contributed by atoms with E-state index in [1.165, 1.54) is 38.6 Å². The van der Waals surface area contributed by atoms with Crippen LogP contribution in [0.3, 0.4) is 0 Å². The molecule has 150 valence electrons. The number of hydrogen-bond acceptors (Lipinski definition) is 6. The van der Waals surface area contributed by atoms with Gasteiger partial charge in [0.05, 0.1) is 19.4 Å². The first-order valence-corrected chi connectivity index (χ1v) is 10.3. The van der Waals surface area contributed by atoms with Crippen LogP contribution in [0.1, 0.15) is 25.3 Å². The van der Waals surface area contributed by atoms with Crippen molar-refractivity contribution in [2.75, 3.05) is 25.1 Å². The third kappa shape index (κ3) is 5.32. The van der Waals surface area contributed by atoms with Crippen molar-refractivity contribution in [3.63, 3.8) is 0 Å². The third-order valence-electron chi connectivity index (χ3n) is 3.98. The fourth-order valence-electron chi connectivity index (χ4n) is 2.37. The maximum atomic E-state index is 12.9. The summed E-state index contributed by atoms with van der Waals surface area (Å²) in [5.74, 6) is 0.0452. The minimum atomic E-state index is -3.86. The number of nitrogens with zero attached hydrogens (tertiary/aromatic N) is 2. The smallest absolute Gasteiger partial charge is 0.330 e. The molecule has 0 saturated carbocycles. The Balaban J connectivity index is 2.35. The molecular weight excluding hydrogens is 380 g/mol. The van der Waals surface area contributed by atoms with Gasteiger partial charge < -0.3 is 9.47 Å². The van der Waals surface area contributed by atoms with Gasteiger partial charge in [0, 0.05) is 24.9 Å². The summed E-state index contributed by atoms with van der Waals surface area (Å²) in [6, 6.07) is 9.59. The summed E-state index contributed by atoms with van der Waals surface area (Å²) in [6.45, 7) is 2.35. The van der Waals surface area contributed by atoms with Gasteiger partial charge in [-0.1, -0.05) is 19.4 Å². The van der Waals surface area contributed by atoms with Crippen LogP contribution in [0.15, 0.2) is 53.7 Å². The second kappa shape index (κ2) is 9.89. The lowest BCUT2D eigenvalue weighted by Gasteiger charge is -2.21. The van der Waals surface area contributed by atoms with Crippen LogP contribution in [0.25, 0.3) is 6.08 Å². The third-order valence-corrected chi connectivity index (χ3v) is 5.67. The van der Waals surface area contributed by atoms with E-state index in [1.807, 2.05) is 6.92 Å². The summed E-state index contributed by atoms with van der Waals surface area (Å²) in [6.07, 6.45) is 5.91. The topological polar surface area (TPSA) is 85.8 Å². The number of sulfonamides is 1. The number of hydrogen-bond donors (Lipinski definition) is 0. The molecule has 0 aliphatic carbocycles. The first-order chi connectivity index (χ1) is 13.4. The Morgan fingerprint density at radius 3 is 2.68 bits per heavy atom. The van der Waals surface area contributed by atoms with E-state index >= 15 is 0 Å². The fraction of sp³-hybridized carbons (Fsp3) is 0.300. The molecule has 0 spiro atoms. The Kier molecular flexibility index (Phi) is 7.57. The zero-order chi connectivity index (χ0) is 20.6. The zero-order valence-corrected chi connectivity index (χ0v) is 17.0. The second-order valence-corrected chi connectivity index (χ2v) is 7.84. The molecule has 0 saturated heterocycles. The van der Waals surface area contributed by atoms with E-state index in [-0.39, 0.29) is 5.03 Å². The van der Waals surface area contributed by atoms with Crippen LogP contribution >= 0.6 is 0 Å². The van der Waals surface area contributed by atoms with Gasteiger partial charge >= 0.3 is 5.97 Å². The Bertz CT molecular complexity index is 927. The molecule has 7 nitrogen and oxygen atoms in total. The molecule has 0 atom stereocenters. The zero-order valence-electron chi connectivity index (χ0n) is 16.2. The van der Waals surface area contributed by atoms with E-state index in [9.17, 15) is 13.2 Å². The first-order valence-electron chi connectivity index (χ1n) is 8.83. The van der Waals surface area contributed by atoms with E-state index in [4.69, 9.17) is 9.47 Å². The van der Waals surface area contributed by atoms with Crippen LogP contribution in [0.2, 0.25) is 0 Å². The lowest BCUT2D eigenvalue weighted by atomic mass is 10.1. The second-order valence-electron chi connectivity index (χ2n) is 5.92. The number of esters is 1. The van der Waals surface area contributed by atoms with Gasteiger partial charge in [-0.2, -0.15) is 8.42 Å². The van der Waals surface area contributed by atoms with Crippen LogP contribution in [0, 0.1) is 0 Å². The molecule has 0 N–H and O–H groups in total. The van der Waals surface area contributed by atoms with Gasteiger partial charge in [0.2, 0.25) is 0 Å². The van der Waals surface area contributed by atoms with E-state index in [2.05, 4.69) is 4.98 Å². The normalized spacial score (nSPS) is 11.4. The lowest BCUT2D eigenvalue weighted by molar-refractivity contribution is -0.137. The van der Waals surface area contributed by atoms with Crippen molar-refractivity contribution in [2.24, 2.45) is 0 Å². The number of carbonyl (C=O) groups is 1. The van der Waals surface area contributed by atoms with Crippen molar-refractivity contribution in [2.45, 2.75) is 24.8 Å². The summed E-state index contributed by atoms with van der Waals surface area (Å²) >= 11 is 0. The Hall–Kier alpha value is -2.87. The number of ether oxygens (including phenoxy) is 2. The van der Waals surface area contributed by atoms with Gasteiger partial charge in [-0.15, -0.1) is 0 Å². The minimum Gasteiger partial charge on any atom is -0.497 e. The minimum absolute atomic E-state index is 0.0674. The molecule has 0 bridgehead atoms. The van der Waals surface area contributed by atoms with Crippen LogP contribution in [-0.2, 0) is 19.6 Å². The van der Waals surface area contributed by atoms with E-state index in [0.29, 0.717) is 23.6 Å². The van der Waals surface area contributed by atoms with Crippen molar-refractivity contribution in [1.82, 2.24) is 4.98 Å². The van der Waals surface area contributed by atoms with Gasteiger partial charge in [0.1, 0.15) is 5.75 Å². The predicted molar refractivity (Wildman–Crippen MR) is 108 cm³/mol. The number of aromatic nitrogens is 1. The molecule has 8 heteroatoms. The number of anilines is 1. The Morgan fingerprint density at radius 2 is 2.04 bits per heavy atom. The van der Waals surface area contributed by atoms with Crippen LogP contribution in [0.4, 0.5) is 5.69 Å². The summed E-state index contributed by atoms with van der Waals surface area (Å²) in [5, 5.41) is -0.0674. The molecule has 0 aliphatic heterocycles. The monoisotopic (exact) mass is 404 g/mol. The molecular formula is C20H24N2O5S. The molecule has 0 aliphatic rings. The largest absolute Gasteiger partial charge is 0.497 e. The Morgan fingerprint density at radius 1 is 1.25 bits per heavy atom. The number of rotatable bonds is 9.